The van der Waals surface area contributed by atoms with Crippen LogP contribution in [0.5, 0.6) is 0 Å². The van der Waals surface area contributed by atoms with Gasteiger partial charge in [0.25, 0.3) is 0 Å². The number of carbonyl (C=O) groups excluding carboxylic acids is 2. The molecule has 6 rings (SSSR count). The maximum Gasteiger partial charge on any atom is 0.166 e. The van der Waals surface area contributed by atoms with Crippen LogP contribution in [0.15, 0.2) is 199 Å². The summed E-state index contributed by atoms with van der Waals surface area (Å²) in [7, 11) is -0.0633. The molecule has 0 saturated heterocycles. The van der Waals surface area contributed by atoms with E-state index in [1.807, 2.05) is 0 Å². The summed E-state index contributed by atoms with van der Waals surface area (Å²) in [5, 5.41) is 18.7. The van der Waals surface area contributed by atoms with Crippen LogP contribution in [-0.4, -0.2) is 11.9 Å². The lowest BCUT2D eigenvalue weighted by Gasteiger charge is -2.08. The summed E-state index contributed by atoms with van der Waals surface area (Å²) in [6.45, 7) is 7.87. The SMILES string of the molecule is CCC(=O)[O-].CCCC(=O)[O-].CCCCCCc1ccc([S+](c2ccccc2)c2ccccc2)cc1.CCCCCCc1ccc([S+](c2ccccc2)c2ccccc2)cc1. The minimum Gasteiger partial charge on any atom is -0.550 e. The number of rotatable bonds is 19. The number of aliphatic carboxylic acids is 2. The van der Waals surface area contributed by atoms with Crippen LogP contribution in [0.4, 0.5) is 0 Å². The number of unbranched alkanes of at least 4 members (excludes halogenated alkanes) is 6. The molecular formula is C55H66O4S2. The second-order valence-corrected chi connectivity index (χ2v) is 18.7. The van der Waals surface area contributed by atoms with E-state index in [0.29, 0.717) is 6.42 Å². The van der Waals surface area contributed by atoms with Gasteiger partial charge in [0, 0.05) is 11.9 Å². The van der Waals surface area contributed by atoms with Crippen LogP contribution in [-0.2, 0) is 44.2 Å². The van der Waals surface area contributed by atoms with E-state index in [2.05, 4.69) is 184 Å². The summed E-state index contributed by atoms with van der Waals surface area (Å²) in [5.41, 5.74) is 2.93. The summed E-state index contributed by atoms with van der Waals surface area (Å²) in [5.74, 6) is -1.96. The Morgan fingerprint density at radius 1 is 0.361 bits per heavy atom. The Morgan fingerprint density at radius 3 is 0.852 bits per heavy atom. The first kappa shape index (κ1) is 50.3. The van der Waals surface area contributed by atoms with Gasteiger partial charge >= 0.3 is 0 Å². The number of carboxylic acid groups (broad SMARTS) is 2. The third kappa shape index (κ3) is 19.9. The summed E-state index contributed by atoms with van der Waals surface area (Å²) in [4.78, 5) is 27.1. The fourth-order valence-corrected chi connectivity index (χ4v) is 10.5. The Morgan fingerprint density at radius 2 is 0.639 bits per heavy atom. The van der Waals surface area contributed by atoms with Crippen LogP contribution in [0.3, 0.4) is 0 Å². The van der Waals surface area contributed by atoms with Gasteiger partial charge in [0.05, 0.1) is 21.8 Å². The molecular weight excluding hydrogens is 789 g/mol. The number of carboxylic acids is 2. The second-order valence-electron chi connectivity index (χ2n) is 14.6. The first-order valence-electron chi connectivity index (χ1n) is 22.1. The number of hydrogen-bond acceptors (Lipinski definition) is 4. The lowest BCUT2D eigenvalue weighted by atomic mass is 10.1. The third-order valence-corrected chi connectivity index (χ3v) is 14.1. The Kier molecular flexibility index (Phi) is 25.5. The molecule has 0 aromatic heterocycles. The smallest absolute Gasteiger partial charge is 0.166 e. The molecule has 0 aliphatic carbocycles. The number of benzene rings is 6. The largest absolute Gasteiger partial charge is 0.550 e. The highest BCUT2D eigenvalue weighted by atomic mass is 32.2. The molecule has 0 amide bonds. The van der Waals surface area contributed by atoms with Gasteiger partial charge in [0.2, 0.25) is 0 Å². The highest BCUT2D eigenvalue weighted by Gasteiger charge is 2.29. The van der Waals surface area contributed by atoms with Gasteiger partial charge in [0.15, 0.2) is 29.4 Å². The zero-order chi connectivity index (χ0) is 43.9. The van der Waals surface area contributed by atoms with Gasteiger partial charge in [-0.05, 0) is 122 Å². The highest BCUT2D eigenvalue weighted by molar-refractivity contribution is 7.97. The topological polar surface area (TPSA) is 80.3 Å². The highest BCUT2D eigenvalue weighted by Crippen LogP contribution is 2.32. The van der Waals surface area contributed by atoms with Crippen molar-refractivity contribution < 1.29 is 19.8 Å². The summed E-state index contributed by atoms with van der Waals surface area (Å²) in [6, 6.07) is 62.1. The molecule has 0 N–H and O–H groups in total. The van der Waals surface area contributed by atoms with Crippen LogP contribution in [0.2, 0.25) is 0 Å². The lowest BCUT2D eigenvalue weighted by molar-refractivity contribution is -0.306. The fraction of sp³-hybridized carbons (Fsp3) is 0.309. The molecule has 0 aliphatic heterocycles. The molecule has 322 valence electrons. The zero-order valence-corrected chi connectivity index (χ0v) is 38.4. The Labute approximate surface area is 373 Å². The minimum absolute atomic E-state index is 0.0317. The van der Waals surface area contributed by atoms with E-state index in [-0.39, 0.29) is 34.6 Å². The summed E-state index contributed by atoms with van der Waals surface area (Å²) < 4.78 is 0. The predicted molar refractivity (Wildman–Crippen MR) is 254 cm³/mol. The molecule has 0 heterocycles. The molecule has 0 fully saturated rings. The van der Waals surface area contributed by atoms with Crippen molar-refractivity contribution in [3.05, 3.63) is 181 Å². The maximum absolute atomic E-state index is 9.49. The fourth-order valence-electron chi connectivity index (χ4n) is 6.34. The summed E-state index contributed by atoms with van der Waals surface area (Å²) in [6.07, 6.45) is 14.0. The molecule has 0 saturated carbocycles. The molecule has 6 aromatic carbocycles. The first-order chi connectivity index (χ1) is 29.8. The van der Waals surface area contributed by atoms with E-state index in [1.165, 1.54) is 112 Å². The Balaban J connectivity index is 0.000000262. The van der Waals surface area contributed by atoms with Gasteiger partial charge in [-0.3, -0.25) is 0 Å². The molecule has 0 aliphatic rings. The van der Waals surface area contributed by atoms with E-state index in [9.17, 15) is 19.8 Å². The van der Waals surface area contributed by atoms with Crippen LogP contribution in [0.25, 0.3) is 0 Å². The van der Waals surface area contributed by atoms with Crippen molar-refractivity contribution in [1.82, 2.24) is 0 Å². The molecule has 0 bridgehead atoms. The van der Waals surface area contributed by atoms with E-state index in [4.69, 9.17) is 0 Å². The van der Waals surface area contributed by atoms with Crippen molar-refractivity contribution in [3.8, 4) is 0 Å². The second kappa shape index (κ2) is 30.9. The van der Waals surface area contributed by atoms with Gasteiger partial charge in [-0.1, -0.05) is 170 Å². The van der Waals surface area contributed by atoms with Crippen LogP contribution in [0, 0.1) is 0 Å². The number of hydrogen-bond donors (Lipinski definition) is 0. The van der Waals surface area contributed by atoms with E-state index in [1.54, 1.807) is 6.92 Å². The van der Waals surface area contributed by atoms with Gasteiger partial charge in [0.1, 0.15) is 0 Å². The van der Waals surface area contributed by atoms with Crippen molar-refractivity contribution >= 4 is 33.7 Å². The normalized spacial score (nSPS) is 10.4. The monoisotopic (exact) mass is 854 g/mol. The summed E-state index contributed by atoms with van der Waals surface area (Å²) >= 11 is 0. The van der Waals surface area contributed by atoms with Gasteiger partial charge in [-0.15, -0.1) is 0 Å². The average molecular weight is 855 g/mol. The van der Waals surface area contributed by atoms with Gasteiger partial charge in [-0.25, -0.2) is 0 Å². The zero-order valence-electron chi connectivity index (χ0n) is 36.8. The third-order valence-electron chi connectivity index (χ3n) is 9.61. The van der Waals surface area contributed by atoms with Crippen LogP contribution >= 0.6 is 0 Å². The standard InChI is InChI=1S/2C24H27S.C4H8O2.C3H6O2/c2*1-2-3-4-7-12-21-17-19-24(20-18-21)25(22-13-8-5-9-14-22)23-15-10-6-11-16-23;1-2-3-4(5)6;1-2-3(4)5/h2*5-6,8-11,13-20H,2-4,7,12H2,1H3;2-3H2,1H3,(H,5,6);2H2,1H3,(H,4,5)/q2*+1;;/p-2. The Bertz CT molecular complexity index is 1790. The predicted octanol–water partition coefficient (Wildman–Crippen LogP) is 12.5. The maximum atomic E-state index is 9.49. The molecule has 61 heavy (non-hydrogen) atoms. The Hall–Kier alpha value is -5.04. The number of carbonyl (C=O) groups is 2. The molecule has 4 nitrogen and oxygen atoms in total. The van der Waals surface area contributed by atoms with Crippen LogP contribution < -0.4 is 10.2 Å². The van der Waals surface area contributed by atoms with E-state index < -0.39 is 11.9 Å². The van der Waals surface area contributed by atoms with E-state index >= 15 is 0 Å². The first-order valence-corrected chi connectivity index (χ1v) is 24.5. The molecule has 0 radical (unpaired) electrons. The van der Waals surface area contributed by atoms with Crippen molar-refractivity contribution in [2.75, 3.05) is 0 Å². The quantitative estimate of drug-likeness (QED) is 0.0600. The van der Waals surface area contributed by atoms with Gasteiger partial charge < -0.3 is 19.8 Å². The molecule has 0 spiro atoms. The molecule has 6 aromatic rings. The van der Waals surface area contributed by atoms with Gasteiger partial charge in [-0.2, -0.15) is 0 Å². The van der Waals surface area contributed by atoms with Crippen molar-refractivity contribution in [2.45, 2.75) is 141 Å². The van der Waals surface area contributed by atoms with Crippen molar-refractivity contribution in [2.24, 2.45) is 0 Å². The van der Waals surface area contributed by atoms with Crippen molar-refractivity contribution in [3.63, 3.8) is 0 Å². The van der Waals surface area contributed by atoms with Crippen molar-refractivity contribution in [1.29, 1.82) is 0 Å². The average Bonchev–Trinajstić information content (AvgIpc) is 3.30. The van der Waals surface area contributed by atoms with E-state index in [0.717, 1.165) is 0 Å². The molecule has 6 heteroatoms. The molecule has 0 atom stereocenters. The number of aryl methyl sites for hydroxylation is 2. The lowest BCUT2D eigenvalue weighted by Crippen LogP contribution is -2.20. The molecule has 0 unspecified atom stereocenters. The minimum atomic E-state index is -0.995. The van der Waals surface area contributed by atoms with Crippen LogP contribution in [0.1, 0.15) is 109 Å².